The van der Waals surface area contributed by atoms with Crippen LogP contribution in [0.1, 0.15) is 28.2 Å². The molecule has 0 radical (unpaired) electrons. The number of nitrogens with one attached hydrogen (secondary N) is 1. The normalized spacial score (nSPS) is 10.1. The largest absolute Gasteiger partial charge is 0.326 e. The second-order valence-electron chi connectivity index (χ2n) is 6.04. The summed E-state index contributed by atoms with van der Waals surface area (Å²) >= 11 is 0. The van der Waals surface area contributed by atoms with Crippen LogP contribution >= 0.6 is 0 Å². The molecule has 0 aliphatic rings. The van der Waals surface area contributed by atoms with E-state index in [0.717, 1.165) is 28.2 Å². The van der Waals surface area contributed by atoms with Crippen LogP contribution < -0.4 is 5.32 Å². The number of rotatable bonds is 3. The van der Waals surface area contributed by atoms with Crippen molar-refractivity contribution in [3.05, 3.63) is 76.9 Å². The number of amides is 1. The second kappa shape index (κ2) is 7.66. The second-order valence-corrected chi connectivity index (χ2v) is 6.04. The molecule has 1 N–H and O–H groups in total. The summed E-state index contributed by atoms with van der Waals surface area (Å²) < 4.78 is 1.80. The van der Waals surface area contributed by atoms with E-state index in [1.807, 2.05) is 63.4 Å². The summed E-state index contributed by atoms with van der Waals surface area (Å²) in [5.74, 6) is 6.01. The van der Waals surface area contributed by atoms with Gasteiger partial charge in [-0.3, -0.25) is 9.48 Å². The number of hydrogen-bond acceptors (Lipinski definition) is 3. The molecular formula is C21H20N4O. The molecule has 0 bridgehead atoms. The van der Waals surface area contributed by atoms with E-state index >= 15 is 0 Å². The molecule has 130 valence electrons. The first-order valence-corrected chi connectivity index (χ1v) is 8.35. The zero-order valence-corrected chi connectivity index (χ0v) is 15.1. The van der Waals surface area contributed by atoms with Gasteiger partial charge in [-0.25, -0.2) is 4.98 Å². The fourth-order valence-corrected chi connectivity index (χ4v) is 2.69. The van der Waals surface area contributed by atoms with Gasteiger partial charge in [0.15, 0.2) is 0 Å². The van der Waals surface area contributed by atoms with Crippen LogP contribution in [0.25, 0.3) is 0 Å². The number of carbonyl (C=O) groups excluding carboxylic acids is 1. The molecule has 0 spiro atoms. The van der Waals surface area contributed by atoms with Crippen LogP contribution in [-0.2, 0) is 18.3 Å². The number of carbonyl (C=O) groups is 1. The monoisotopic (exact) mass is 344 g/mol. The van der Waals surface area contributed by atoms with Gasteiger partial charge in [0.1, 0.15) is 5.69 Å². The molecular weight excluding hydrogens is 324 g/mol. The quantitative estimate of drug-likeness (QED) is 0.743. The number of hydrogen-bond donors (Lipinski definition) is 1. The molecule has 3 aromatic rings. The van der Waals surface area contributed by atoms with E-state index in [2.05, 4.69) is 27.2 Å². The van der Waals surface area contributed by atoms with Crippen LogP contribution in [-0.4, -0.2) is 20.7 Å². The Morgan fingerprint density at radius 3 is 2.69 bits per heavy atom. The molecule has 0 aliphatic carbocycles. The molecule has 0 saturated heterocycles. The maximum atomic E-state index is 12.4. The van der Waals surface area contributed by atoms with Gasteiger partial charge < -0.3 is 5.32 Å². The highest BCUT2D eigenvalue weighted by Crippen LogP contribution is 2.15. The number of aryl methyl sites for hydroxylation is 2. The molecule has 2 aromatic heterocycles. The number of anilines is 1. The van der Waals surface area contributed by atoms with Crippen LogP contribution in [0.4, 0.5) is 5.69 Å². The first kappa shape index (κ1) is 17.4. The first-order valence-electron chi connectivity index (χ1n) is 8.35. The molecule has 1 aromatic carbocycles. The van der Waals surface area contributed by atoms with E-state index in [4.69, 9.17) is 0 Å². The van der Waals surface area contributed by atoms with Crippen molar-refractivity contribution in [1.82, 2.24) is 14.8 Å². The van der Waals surface area contributed by atoms with E-state index in [1.165, 1.54) is 0 Å². The summed E-state index contributed by atoms with van der Waals surface area (Å²) in [7, 11) is 1.88. The molecule has 0 unspecified atom stereocenters. The number of pyridine rings is 1. The SMILES string of the molecule is Cc1nn(C)c(C)c1CC(=O)Nc1cccc(C#Cc2ccccn2)c1. The van der Waals surface area contributed by atoms with Gasteiger partial charge in [-0.2, -0.15) is 5.10 Å². The van der Waals surface area contributed by atoms with Crippen molar-refractivity contribution in [2.75, 3.05) is 5.32 Å². The maximum Gasteiger partial charge on any atom is 0.228 e. The minimum Gasteiger partial charge on any atom is -0.326 e. The Bertz CT molecular complexity index is 994. The van der Waals surface area contributed by atoms with Gasteiger partial charge in [-0.15, -0.1) is 0 Å². The lowest BCUT2D eigenvalue weighted by Gasteiger charge is -2.06. The lowest BCUT2D eigenvalue weighted by atomic mass is 10.1. The number of benzene rings is 1. The molecule has 5 nitrogen and oxygen atoms in total. The molecule has 0 fully saturated rings. The van der Waals surface area contributed by atoms with Gasteiger partial charge in [0.25, 0.3) is 0 Å². The summed E-state index contributed by atoms with van der Waals surface area (Å²) in [6, 6.07) is 13.1. The average Bonchev–Trinajstić information content (AvgIpc) is 2.87. The van der Waals surface area contributed by atoms with E-state index in [9.17, 15) is 4.79 Å². The van der Waals surface area contributed by atoms with Gasteiger partial charge in [-0.05, 0) is 50.1 Å². The van der Waals surface area contributed by atoms with Crippen molar-refractivity contribution >= 4 is 11.6 Å². The van der Waals surface area contributed by atoms with Crippen LogP contribution in [0.3, 0.4) is 0 Å². The Morgan fingerprint density at radius 2 is 2.00 bits per heavy atom. The molecule has 3 rings (SSSR count). The first-order chi connectivity index (χ1) is 12.5. The fourth-order valence-electron chi connectivity index (χ4n) is 2.69. The van der Waals surface area contributed by atoms with Crippen molar-refractivity contribution in [2.45, 2.75) is 20.3 Å². The Morgan fingerprint density at radius 1 is 1.15 bits per heavy atom. The fraction of sp³-hybridized carbons (Fsp3) is 0.190. The number of aromatic nitrogens is 3. The van der Waals surface area contributed by atoms with Crippen molar-refractivity contribution in [1.29, 1.82) is 0 Å². The third kappa shape index (κ3) is 4.17. The smallest absolute Gasteiger partial charge is 0.228 e. The number of nitrogens with zero attached hydrogens (tertiary/aromatic N) is 3. The minimum absolute atomic E-state index is 0.0703. The van der Waals surface area contributed by atoms with E-state index < -0.39 is 0 Å². The lowest BCUT2D eigenvalue weighted by molar-refractivity contribution is -0.115. The molecule has 26 heavy (non-hydrogen) atoms. The van der Waals surface area contributed by atoms with Gasteiger partial charge in [0.05, 0.1) is 12.1 Å². The minimum atomic E-state index is -0.0703. The molecule has 0 saturated carbocycles. The van der Waals surface area contributed by atoms with Crippen molar-refractivity contribution in [3.63, 3.8) is 0 Å². The van der Waals surface area contributed by atoms with Crippen molar-refractivity contribution in [3.8, 4) is 11.8 Å². The van der Waals surface area contributed by atoms with Crippen molar-refractivity contribution in [2.24, 2.45) is 7.05 Å². The molecule has 5 heteroatoms. The zero-order chi connectivity index (χ0) is 18.5. The molecule has 0 aliphatic heterocycles. The zero-order valence-electron chi connectivity index (χ0n) is 15.1. The molecule has 1 amide bonds. The van der Waals surface area contributed by atoms with Gasteiger partial charge in [-0.1, -0.05) is 18.1 Å². The highest BCUT2D eigenvalue weighted by atomic mass is 16.1. The predicted octanol–water partition coefficient (Wildman–Crippen LogP) is 3.01. The topological polar surface area (TPSA) is 59.8 Å². The summed E-state index contributed by atoms with van der Waals surface area (Å²) in [6.07, 6.45) is 2.01. The molecule has 0 atom stereocenters. The third-order valence-corrected chi connectivity index (χ3v) is 4.14. The standard InChI is InChI=1S/C21H20N4O/c1-15-20(16(2)25(3)24-15)14-21(26)23-19-9-6-7-17(13-19)10-11-18-8-4-5-12-22-18/h4-9,12-13H,14H2,1-3H3,(H,23,26). The predicted molar refractivity (Wildman–Crippen MR) is 102 cm³/mol. The Balaban J connectivity index is 1.71. The summed E-state index contributed by atoms with van der Waals surface area (Å²) in [5, 5.41) is 7.28. The van der Waals surface area contributed by atoms with Crippen molar-refractivity contribution < 1.29 is 4.79 Å². The Labute approximate surface area is 153 Å². The van der Waals surface area contributed by atoms with Crippen LogP contribution in [0.15, 0.2) is 48.7 Å². The summed E-state index contributed by atoms with van der Waals surface area (Å²) in [6.45, 7) is 3.89. The summed E-state index contributed by atoms with van der Waals surface area (Å²) in [5.41, 5.74) is 5.12. The maximum absolute atomic E-state index is 12.4. The van der Waals surface area contributed by atoms with E-state index in [0.29, 0.717) is 12.1 Å². The highest BCUT2D eigenvalue weighted by molar-refractivity contribution is 5.92. The van der Waals surface area contributed by atoms with E-state index in [1.54, 1.807) is 10.9 Å². The lowest BCUT2D eigenvalue weighted by Crippen LogP contribution is -2.15. The van der Waals surface area contributed by atoms with Crippen LogP contribution in [0, 0.1) is 25.7 Å². The van der Waals surface area contributed by atoms with E-state index in [-0.39, 0.29) is 5.91 Å². The summed E-state index contributed by atoms with van der Waals surface area (Å²) in [4.78, 5) is 16.6. The van der Waals surface area contributed by atoms with Crippen LogP contribution in [0.2, 0.25) is 0 Å². The third-order valence-electron chi connectivity index (χ3n) is 4.14. The van der Waals surface area contributed by atoms with Crippen LogP contribution in [0.5, 0.6) is 0 Å². The Kier molecular flexibility index (Phi) is 5.14. The van der Waals surface area contributed by atoms with Gasteiger partial charge >= 0.3 is 0 Å². The van der Waals surface area contributed by atoms with Gasteiger partial charge in [0, 0.05) is 35.8 Å². The highest BCUT2D eigenvalue weighted by Gasteiger charge is 2.13. The molecule has 2 heterocycles. The Hall–Kier alpha value is -3.39. The average molecular weight is 344 g/mol. The van der Waals surface area contributed by atoms with Gasteiger partial charge in [0.2, 0.25) is 5.91 Å².